The molecule has 6 heteroatoms. The van der Waals surface area contributed by atoms with E-state index >= 15 is 0 Å². The zero-order valence-electron chi connectivity index (χ0n) is 11.6. The predicted octanol–water partition coefficient (Wildman–Crippen LogP) is 4.38. The summed E-state index contributed by atoms with van der Waals surface area (Å²) in [7, 11) is 0. The van der Waals surface area contributed by atoms with Crippen molar-refractivity contribution in [3.05, 3.63) is 57.5 Å². The number of nitrogens with zero attached hydrogens (tertiary/aromatic N) is 1. The van der Waals surface area contributed by atoms with Crippen LogP contribution in [0, 0.1) is 11.3 Å². The molecule has 4 nitrogen and oxygen atoms in total. The van der Waals surface area contributed by atoms with Crippen molar-refractivity contribution in [3.8, 4) is 11.8 Å². The lowest BCUT2D eigenvalue weighted by Gasteiger charge is -2.16. The molecule has 112 valence electrons. The third-order valence-corrected chi connectivity index (χ3v) is 3.68. The van der Waals surface area contributed by atoms with E-state index in [4.69, 9.17) is 21.6 Å². The largest absolute Gasteiger partial charge is 0.480 e. The van der Waals surface area contributed by atoms with Crippen molar-refractivity contribution in [1.82, 2.24) is 0 Å². The number of amides is 1. The van der Waals surface area contributed by atoms with Gasteiger partial charge in [0, 0.05) is 10.7 Å². The summed E-state index contributed by atoms with van der Waals surface area (Å²) in [5.41, 5.74) is 1.03. The molecule has 1 atom stereocenters. The van der Waals surface area contributed by atoms with Crippen molar-refractivity contribution in [2.45, 2.75) is 13.0 Å². The Balaban J connectivity index is 2.04. The van der Waals surface area contributed by atoms with Crippen LogP contribution in [0.5, 0.6) is 5.75 Å². The first-order valence-electron chi connectivity index (χ1n) is 6.42. The summed E-state index contributed by atoms with van der Waals surface area (Å²) in [5, 5.41) is 12.1. The quantitative estimate of drug-likeness (QED) is 0.857. The van der Waals surface area contributed by atoms with Crippen LogP contribution in [0.1, 0.15) is 12.5 Å². The molecule has 0 fully saturated rings. The van der Waals surface area contributed by atoms with Crippen LogP contribution >= 0.6 is 27.5 Å². The van der Waals surface area contributed by atoms with Crippen molar-refractivity contribution in [2.75, 3.05) is 5.32 Å². The first kappa shape index (κ1) is 16.3. The standard InChI is InChI=1S/C16H12BrClN2O2/c1-10(22-15-6-5-12(18)8-14(15)17)16(21)20-13-4-2-3-11(7-13)9-19/h2-8,10H,1H3,(H,20,21). The highest BCUT2D eigenvalue weighted by Crippen LogP contribution is 2.28. The number of hydrogen-bond acceptors (Lipinski definition) is 3. The Morgan fingerprint density at radius 2 is 2.14 bits per heavy atom. The number of hydrogen-bond donors (Lipinski definition) is 1. The van der Waals surface area contributed by atoms with Gasteiger partial charge >= 0.3 is 0 Å². The van der Waals surface area contributed by atoms with Crippen LogP contribution in [0.25, 0.3) is 0 Å². The fourth-order valence-corrected chi connectivity index (χ4v) is 2.50. The molecule has 0 aromatic heterocycles. The van der Waals surface area contributed by atoms with Gasteiger partial charge in [0.2, 0.25) is 0 Å². The molecule has 0 spiro atoms. The minimum Gasteiger partial charge on any atom is -0.480 e. The Morgan fingerprint density at radius 1 is 1.36 bits per heavy atom. The molecular weight excluding hydrogens is 368 g/mol. The predicted molar refractivity (Wildman–Crippen MR) is 89.0 cm³/mol. The fourth-order valence-electron chi connectivity index (χ4n) is 1.73. The topological polar surface area (TPSA) is 62.1 Å². The van der Waals surface area contributed by atoms with Crippen LogP contribution in [0.4, 0.5) is 5.69 Å². The lowest BCUT2D eigenvalue weighted by molar-refractivity contribution is -0.122. The van der Waals surface area contributed by atoms with Gasteiger partial charge in [0.25, 0.3) is 5.91 Å². The zero-order chi connectivity index (χ0) is 16.1. The minimum atomic E-state index is -0.705. The van der Waals surface area contributed by atoms with E-state index in [0.29, 0.717) is 26.5 Å². The molecule has 0 bridgehead atoms. The average molecular weight is 380 g/mol. The Hall–Kier alpha value is -2.03. The fraction of sp³-hybridized carbons (Fsp3) is 0.125. The number of halogens is 2. The molecule has 2 aromatic carbocycles. The van der Waals surface area contributed by atoms with Gasteiger partial charge in [-0.15, -0.1) is 0 Å². The monoisotopic (exact) mass is 378 g/mol. The Kier molecular flexibility index (Phi) is 5.42. The lowest BCUT2D eigenvalue weighted by Crippen LogP contribution is -2.30. The summed E-state index contributed by atoms with van der Waals surface area (Å²) in [6.45, 7) is 1.64. The van der Waals surface area contributed by atoms with E-state index in [2.05, 4.69) is 21.2 Å². The number of carbonyl (C=O) groups excluding carboxylic acids is 1. The van der Waals surface area contributed by atoms with E-state index in [9.17, 15) is 4.79 Å². The molecule has 22 heavy (non-hydrogen) atoms. The number of benzene rings is 2. The molecule has 1 N–H and O–H groups in total. The average Bonchev–Trinajstić information content (AvgIpc) is 2.50. The molecule has 1 unspecified atom stereocenters. The maximum absolute atomic E-state index is 12.1. The number of nitriles is 1. The lowest BCUT2D eigenvalue weighted by atomic mass is 10.2. The second kappa shape index (κ2) is 7.30. The van der Waals surface area contributed by atoms with Crippen LogP contribution in [-0.4, -0.2) is 12.0 Å². The molecule has 1 amide bonds. The van der Waals surface area contributed by atoms with Gasteiger partial charge in [-0.1, -0.05) is 17.7 Å². The summed E-state index contributed by atoms with van der Waals surface area (Å²) in [6.07, 6.45) is -0.705. The highest BCUT2D eigenvalue weighted by atomic mass is 79.9. The van der Waals surface area contributed by atoms with E-state index in [1.165, 1.54) is 0 Å². The number of carbonyl (C=O) groups is 1. The van der Waals surface area contributed by atoms with Crippen LogP contribution in [-0.2, 0) is 4.79 Å². The van der Waals surface area contributed by atoms with Crippen molar-refractivity contribution in [2.24, 2.45) is 0 Å². The molecule has 0 saturated heterocycles. The van der Waals surface area contributed by atoms with Gasteiger partial charge in [0.15, 0.2) is 6.10 Å². The minimum absolute atomic E-state index is 0.308. The molecular formula is C16H12BrClN2O2. The Morgan fingerprint density at radius 3 is 2.82 bits per heavy atom. The number of nitrogens with one attached hydrogen (secondary N) is 1. The molecule has 0 aliphatic rings. The summed E-state index contributed by atoms with van der Waals surface area (Å²) in [4.78, 5) is 12.1. The third-order valence-electron chi connectivity index (χ3n) is 2.83. The summed E-state index contributed by atoms with van der Waals surface area (Å²) >= 11 is 9.19. The number of anilines is 1. The van der Waals surface area contributed by atoms with E-state index in [-0.39, 0.29) is 5.91 Å². The van der Waals surface area contributed by atoms with Gasteiger partial charge in [0.1, 0.15) is 5.75 Å². The van der Waals surface area contributed by atoms with E-state index in [1.807, 2.05) is 6.07 Å². The zero-order valence-corrected chi connectivity index (χ0v) is 14.0. The SMILES string of the molecule is CC(Oc1ccc(Cl)cc1Br)C(=O)Nc1cccc(C#N)c1. The first-order chi connectivity index (χ1) is 10.5. The highest BCUT2D eigenvalue weighted by Gasteiger charge is 2.16. The Bertz CT molecular complexity index is 743. The molecule has 0 aliphatic heterocycles. The van der Waals surface area contributed by atoms with E-state index in [1.54, 1.807) is 49.4 Å². The first-order valence-corrected chi connectivity index (χ1v) is 7.59. The third kappa shape index (κ3) is 4.23. The molecule has 2 aromatic rings. The van der Waals surface area contributed by atoms with Crippen molar-refractivity contribution < 1.29 is 9.53 Å². The second-order valence-corrected chi connectivity index (χ2v) is 5.81. The maximum Gasteiger partial charge on any atom is 0.265 e. The van der Waals surface area contributed by atoms with Crippen molar-refractivity contribution in [1.29, 1.82) is 5.26 Å². The van der Waals surface area contributed by atoms with E-state index in [0.717, 1.165) is 0 Å². The van der Waals surface area contributed by atoms with E-state index < -0.39 is 6.10 Å². The number of ether oxygens (including phenoxy) is 1. The van der Waals surface area contributed by atoms with Gasteiger partial charge in [0.05, 0.1) is 16.1 Å². The summed E-state index contributed by atoms with van der Waals surface area (Å²) in [5.74, 6) is 0.217. The van der Waals surface area contributed by atoms with Crippen LogP contribution in [0.3, 0.4) is 0 Å². The van der Waals surface area contributed by atoms with Gasteiger partial charge in [-0.05, 0) is 59.3 Å². The van der Waals surface area contributed by atoms with Crippen molar-refractivity contribution in [3.63, 3.8) is 0 Å². The van der Waals surface area contributed by atoms with Gasteiger partial charge < -0.3 is 10.1 Å². The maximum atomic E-state index is 12.1. The summed E-state index contributed by atoms with van der Waals surface area (Å²) < 4.78 is 6.28. The Labute approximate surface area is 141 Å². The van der Waals surface area contributed by atoms with Gasteiger partial charge in [-0.25, -0.2) is 0 Å². The van der Waals surface area contributed by atoms with Crippen LogP contribution < -0.4 is 10.1 Å². The smallest absolute Gasteiger partial charge is 0.265 e. The van der Waals surface area contributed by atoms with Gasteiger partial charge in [-0.3, -0.25) is 4.79 Å². The van der Waals surface area contributed by atoms with Gasteiger partial charge in [-0.2, -0.15) is 5.26 Å². The molecule has 0 heterocycles. The van der Waals surface area contributed by atoms with Crippen LogP contribution in [0.15, 0.2) is 46.9 Å². The number of rotatable bonds is 4. The second-order valence-electron chi connectivity index (χ2n) is 4.52. The molecule has 0 aliphatic carbocycles. The summed E-state index contributed by atoms with van der Waals surface area (Å²) in [6, 6.07) is 13.8. The molecule has 0 radical (unpaired) electrons. The molecule has 2 rings (SSSR count). The normalized spacial score (nSPS) is 11.4. The molecule has 0 saturated carbocycles. The van der Waals surface area contributed by atoms with Crippen LogP contribution in [0.2, 0.25) is 5.02 Å². The van der Waals surface area contributed by atoms with Crippen molar-refractivity contribution >= 4 is 39.1 Å². The highest BCUT2D eigenvalue weighted by molar-refractivity contribution is 9.10.